The average molecular weight is 393 g/mol. The molecule has 1 N–H and O–H groups in total. The first-order valence-electron chi connectivity index (χ1n) is 10.2. The number of nitrogens with zero attached hydrogens (tertiary/aromatic N) is 6. The molecule has 0 radical (unpaired) electrons. The van der Waals surface area contributed by atoms with Gasteiger partial charge in [0.05, 0.1) is 0 Å². The summed E-state index contributed by atoms with van der Waals surface area (Å²) in [6, 6.07) is 6.24. The van der Waals surface area contributed by atoms with Gasteiger partial charge in [-0.1, -0.05) is 25.9 Å². The molecule has 1 fully saturated rings. The minimum absolute atomic E-state index is 0.232. The van der Waals surface area contributed by atoms with E-state index in [0.29, 0.717) is 17.8 Å². The molecular weight excluding hydrogens is 366 g/mol. The van der Waals surface area contributed by atoms with E-state index in [0.717, 1.165) is 55.2 Å². The molecule has 0 spiro atoms. The van der Waals surface area contributed by atoms with Crippen molar-refractivity contribution in [2.24, 2.45) is 0 Å². The van der Waals surface area contributed by atoms with Crippen LogP contribution >= 0.6 is 0 Å². The van der Waals surface area contributed by atoms with Crippen LogP contribution in [0.3, 0.4) is 0 Å². The quantitative estimate of drug-likeness (QED) is 0.678. The molecule has 152 valence electrons. The van der Waals surface area contributed by atoms with Gasteiger partial charge in [-0.05, 0) is 31.4 Å². The van der Waals surface area contributed by atoms with Crippen LogP contribution in [0, 0.1) is 0 Å². The second kappa shape index (κ2) is 8.55. The fraction of sp³-hybridized carbons (Fsp3) is 0.476. The summed E-state index contributed by atoms with van der Waals surface area (Å²) in [5.41, 5.74) is 1.94. The fourth-order valence-corrected chi connectivity index (χ4v) is 3.49. The Kier molecular flexibility index (Phi) is 5.69. The lowest BCUT2D eigenvalue weighted by Gasteiger charge is -2.34. The molecule has 1 unspecified atom stereocenters. The topological polar surface area (TPSA) is 92.9 Å². The smallest absolute Gasteiger partial charge is 0.258 e. The fourth-order valence-electron chi connectivity index (χ4n) is 3.49. The lowest BCUT2D eigenvalue weighted by molar-refractivity contribution is 0.419. The predicted molar refractivity (Wildman–Crippen MR) is 112 cm³/mol. The third kappa shape index (κ3) is 4.52. The lowest BCUT2D eigenvalue weighted by atomic mass is 10.1. The number of piperidine rings is 1. The van der Waals surface area contributed by atoms with Crippen molar-refractivity contribution < 1.29 is 4.52 Å². The summed E-state index contributed by atoms with van der Waals surface area (Å²) in [6.07, 6.45) is 6.54. The summed E-state index contributed by atoms with van der Waals surface area (Å²) in [6.45, 7) is 8.09. The van der Waals surface area contributed by atoms with Gasteiger partial charge in [-0.2, -0.15) is 4.98 Å². The lowest BCUT2D eigenvalue weighted by Crippen LogP contribution is -2.42. The Bertz CT molecular complexity index is 955. The number of rotatable bonds is 6. The number of pyridine rings is 1. The van der Waals surface area contributed by atoms with E-state index in [4.69, 9.17) is 4.52 Å². The van der Waals surface area contributed by atoms with E-state index < -0.39 is 0 Å². The van der Waals surface area contributed by atoms with E-state index in [2.05, 4.69) is 48.3 Å². The first-order chi connectivity index (χ1) is 14.1. The summed E-state index contributed by atoms with van der Waals surface area (Å²) >= 11 is 0. The molecule has 4 rings (SSSR count). The number of aryl methyl sites for hydroxylation is 1. The van der Waals surface area contributed by atoms with Crippen LogP contribution in [-0.2, 0) is 6.42 Å². The maximum atomic E-state index is 5.41. The van der Waals surface area contributed by atoms with E-state index in [1.165, 1.54) is 0 Å². The van der Waals surface area contributed by atoms with E-state index in [1.807, 2.05) is 26.0 Å². The zero-order chi connectivity index (χ0) is 20.2. The molecular formula is C21H27N7O. The molecule has 0 saturated carbocycles. The van der Waals surface area contributed by atoms with Crippen molar-refractivity contribution in [1.82, 2.24) is 25.1 Å². The SMILES string of the molecule is CCc1cc(N2CCCC(Nc3cc(-c4nc(C(C)C)no4)ccn3)C2)ncn1. The van der Waals surface area contributed by atoms with Gasteiger partial charge >= 0.3 is 0 Å². The van der Waals surface area contributed by atoms with Crippen LogP contribution in [0.1, 0.15) is 51.0 Å². The molecule has 0 bridgehead atoms. The molecule has 1 atom stereocenters. The highest BCUT2D eigenvalue weighted by Gasteiger charge is 2.22. The van der Waals surface area contributed by atoms with E-state index in [-0.39, 0.29) is 5.92 Å². The van der Waals surface area contributed by atoms with Crippen LogP contribution in [-0.4, -0.2) is 44.2 Å². The maximum Gasteiger partial charge on any atom is 0.258 e. The Balaban J connectivity index is 1.46. The highest BCUT2D eigenvalue weighted by Crippen LogP contribution is 2.24. The third-order valence-electron chi connectivity index (χ3n) is 5.13. The van der Waals surface area contributed by atoms with Crippen molar-refractivity contribution in [3.05, 3.63) is 42.2 Å². The van der Waals surface area contributed by atoms with E-state index in [1.54, 1.807) is 12.5 Å². The summed E-state index contributed by atoms with van der Waals surface area (Å²) < 4.78 is 5.41. The highest BCUT2D eigenvalue weighted by atomic mass is 16.5. The van der Waals surface area contributed by atoms with E-state index in [9.17, 15) is 0 Å². The van der Waals surface area contributed by atoms with Gasteiger partial charge in [-0.3, -0.25) is 0 Å². The Labute approximate surface area is 170 Å². The van der Waals surface area contributed by atoms with Crippen molar-refractivity contribution >= 4 is 11.6 Å². The first-order valence-corrected chi connectivity index (χ1v) is 10.2. The molecule has 1 aliphatic heterocycles. The van der Waals surface area contributed by atoms with Gasteiger partial charge in [0.1, 0.15) is 18.0 Å². The van der Waals surface area contributed by atoms with Crippen molar-refractivity contribution in [2.45, 2.75) is 52.0 Å². The van der Waals surface area contributed by atoms with Crippen molar-refractivity contribution in [2.75, 3.05) is 23.3 Å². The maximum absolute atomic E-state index is 5.41. The zero-order valence-electron chi connectivity index (χ0n) is 17.2. The van der Waals surface area contributed by atoms with Gasteiger partial charge in [-0.15, -0.1) is 0 Å². The van der Waals surface area contributed by atoms with Crippen molar-refractivity contribution in [3.8, 4) is 11.5 Å². The van der Waals surface area contributed by atoms with Crippen LogP contribution in [0.5, 0.6) is 0 Å². The largest absolute Gasteiger partial charge is 0.366 e. The Hall–Kier alpha value is -3.03. The zero-order valence-corrected chi connectivity index (χ0v) is 17.2. The van der Waals surface area contributed by atoms with Crippen LogP contribution in [0.25, 0.3) is 11.5 Å². The molecule has 29 heavy (non-hydrogen) atoms. The normalized spacial score (nSPS) is 17.0. The predicted octanol–water partition coefficient (Wildman–Crippen LogP) is 3.69. The number of hydrogen-bond acceptors (Lipinski definition) is 8. The summed E-state index contributed by atoms with van der Waals surface area (Å²) in [5.74, 6) is 3.28. The monoisotopic (exact) mass is 393 g/mol. The van der Waals surface area contributed by atoms with Crippen LogP contribution in [0.15, 0.2) is 35.2 Å². The van der Waals surface area contributed by atoms with Gasteiger partial charge in [-0.25, -0.2) is 15.0 Å². The number of nitrogens with one attached hydrogen (secondary N) is 1. The van der Waals surface area contributed by atoms with Crippen LogP contribution in [0.2, 0.25) is 0 Å². The summed E-state index contributed by atoms with van der Waals surface area (Å²) in [4.78, 5) is 20.1. The highest BCUT2D eigenvalue weighted by molar-refractivity contribution is 5.58. The molecule has 3 aromatic heterocycles. The second-order valence-electron chi connectivity index (χ2n) is 7.69. The van der Waals surface area contributed by atoms with Gasteiger partial charge in [0.15, 0.2) is 5.82 Å². The number of hydrogen-bond donors (Lipinski definition) is 1. The number of aromatic nitrogens is 5. The Morgan fingerprint density at radius 3 is 2.93 bits per heavy atom. The standard InChI is InChI=1S/C21H27N7O/c1-4-16-11-19(24-13-23-16)28-9-5-6-17(12-28)25-18-10-15(7-8-22-18)21-26-20(14(2)3)27-29-21/h7-8,10-11,13-14,17H,4-6,9,12H2,1-3H3,(H,22,25). The molecule has 8 nitrogen and oxygen atoms in total. The molecule has 0 aromatic carbocycles. The minimum atomic E-state index is 0.232. The summed E-state index contributed by atoms with van der Waals surface area (Å²) in [7, 11) is 0. The van der Waals surface area contributed by atoms with Gasteiger partial charge in [0.25, 0.3) is 5.89 Å². The molecule has 3 aromatic rings. The van der Waals surface area contributed by atoms with Gasteiger partial charge in [0.2, 0.25) is 0 Å². The van der Waals surface area contributed by atoms with Crippen molar-refractivity contribution in [3.63, 3.8) is 0 Å². The molecule has 8 heteroatoms. The van der Waals surface area contributed by atoms with E-state index >= 15 is 0 Å². The Morgan fingerprint density at radius 2 is 2.14 bits per heavy atom. The first kappa shape index (κ1) is 19.3. The average Bonchev–Trinajstić information content (AvgIpc) is 3.25. The summed E-state index contributed by atoms with van der Waals surface area (Å²) in [5, 5.41) is 7.61. The number of anilines is 2. The van der Waals surface area contributed by atoms with Gasteiger partial charge < -0.3 is 14.7 Å². The minimum Gasteiger partial charge on any atom is -0.366 e. The van der Waals surface area contributed by atoms with Crippen LogP contribution in [0.4, 0.5) is 11.6 Å². The second-order valence-corrected chi connectivity index (χ2v) is 7.69. The van der Waals surface area contributed by atoms with Crippen molar-refractivity contribution in [1.29, 1.82) is 0 Å². The molecule has 1 aliphatic rings. The molecule has 4 heterocycles. The third-order valence-corrected chi connectivity index (χ3v) is 5.13. The van der Waals surface area contributed by atoms with Gasteiger partial charge in [0, 0.05) is 48.6 Å². The molecule has 1 saturated heterocycles. The van der Waals surface area contributed by atoms with Crippen LogP contribution < -0.4 is 10.2 Å². The molecule has 0 aliphatic carbocycles. The molecule has 0 amide bonds. The Morgan fingerprint density at radius 1 is 1.24 bits per heavy atom.